The van der Waals surface area contributed by atoms with Crippen molar-refractivity contribution in [2.45, 2.75) is 113 Å². The van der Waals surface area contributed by atoms with Crippen LogP contribution in [0.25, 0.3) is 11.0 Å². The predicted molar refractivity (Wildman–Crippen MR) is 155 cm³/mol. The van der Waals surface area contributed by atoms with Crippen LogP contribution in [0.15, 0.2) is 29.1 Å². The Bertz CT molecular complexity index is 1230. The number of aromatic nitrogens is 2. The van der Waals surface area contributed by atoms with Crippen LogP contribution in [-0.2, 0) is 4.79 Å². The molecule has 3 atom stereocenters. The number of rotatable bonds is 5. The van der Waals surface area contributed by atoms with E-state index >= 15 is 0 Å². The van der Waals surface area contributed by atoms with Crippen LogP contribution in [0.2, 0.25) is 0 Å². The van der Waals surface area contributed by atoms with E-state index in [0.717, 1.165) is 23.9 Å². The van der Waals surface area contributed by atoms with E-state index in [0.29, 0.717) is 49.9 Å². The van der Waals surface area contributed by atoms with Gasteiger partial charge in [0.1, 0.15) is 5.54 Å². The number of aliphatic carboxylic acids is 1. The van der Waals surface area contributed by atoms with E-state index in [1.165, 1.54) is 57.8 Å². The first-order valence-electron chi connectivity index (χ1n) is 15.3. The third kappa shape index (κ3) is 4.77. The summed E-state index contributed by atoms with van der Waals surface area (Å²) >= 11 is 0. The first-order chi connectivity index (χ1) is 18.9. The molecule has 1 aromatic carbocycles. The van der Waals surface area contributed by atoms with Crippen molar-refractivity contribution in [2.24, 2.45) is 0 Å². The number of hydrogen-bond donors (Lipinski definition) is 1. The molecule has 8 heteroatoms. The van der Waals surface area contributed by atoms with E-state index in [9.17, 15) is 14.7 Å². The number of carboxylic acid groups (broad SMARTS) is 1. The molecule has 0 spiro atoms. The summed E-state index contributed by atoms with van der Waals surface area (Å²) in [5.41, 5.74) is 0.880. The van der Waals surface area contributed by atoms with Crippen LogP contribution in [0.1, 0.15) is 89.5 Å². The summed E-state index contributed by atoms with van der Waals surface area (Å²) in [4.78, 5) is 38.0. The normalized spacial score (nSPS) is 28.5. The van der Waals surface area contributed by atoms with Gasteiger partial charge < -0.3 is 14.6 Å². The molecule has 2 bridgehead atoms. The molecule has 1 aromatic heterocycles. The van der Waals surface area contributed by atoms with Gasteiger partial charge in [0.15, 0.2) is 5.82 Å². The molecule has 4 heterocycles. The van der Waals surface area contributed by atoms with E-state index in [-0.39, 0.29) is 11.6 Å². The third-order valence-electron chi connectivity index (χ3n) is 10.5. The van der Waals surface area contributed by atoms with Gasteiger partial charge in [-0.2, -0.15) is 0 Å². The molecule has 212 valence electrons. The van der Waals surface area contributed by atoms with Crippen molar-refractivity contribution >= 4 is 22.8 Å². The molecule has 4 aliphatic rings. The van der Waals surface area contributed by atoms with Crippen LogP contribution in [0, 0.1) is 0 Å². The fraction of sp³-hybridized carbons (Fsp3) is 0.710. The van der Waals surface area contributed by atoms with Crippen LogP contribution >= 0.6 is 0 Å². The number of carboxylic acids is 1. The lowest BCUT2D eigenvalue weighted by atomic mass is 9.86. The lowest BCUT2D eigenvalue weighted by molar-refractivity contribution is -0.151. The van der Waals surface area contributed by atoms with Gasteiger partial charge in [-0.05, 0) is 77.6 Å². The maximum Gasteiger partial charge on any atom is 0.324 e. The van der Waals surface area contributed by atoms with Gasteiger partial charge in [-0.25, -0.2) is 4.98 Å². The molecule has 1 saturated carbocycles. The summed E-state index contributed by atoms with van der Waals surface area (Å²) in [6, 6.07) is 10.1. The Balaban J connectivity index is 1.29. The number of nitrogens with zero attached hydrogens (tertiary/aromatic N) is 5. The monoisotopic (exact) mass is 535 g/mol. The van der Waals surface area contributed by atoms with Gasteiger partial charge in [0.05, 0.1) is 11.0 Å². The van der Waals surface area contributed by atoms with E-state index < -0.39 is 11.5 Å². The lowest BCUT2D eigenvalue weighted by Gasteiger charge is -2.45. The standard InChI is InChI=1S/C31H45N5O3/c1-33(2)31(30(38)39)16-18-34(19-17-31)28-29(37)36(27-13-9-8-12-26(27)32-28)25-20-23-14-15-24(21-25)35(23)22-10-6-4-3-5-7-11-22/h8-9,12-13,22-25H,3-7,10-11,14-21H2,1-2H3,(H,38,39)/t23-,24+,25?. The molecule has 3 saturated heterocycles. The van der Waals surface area contributed by atoms with Crippen LogP contribution < -0.4 is 10.5 Å². The molecule has 6 rings (SSSR count). The minimum atomic E-state index is -0.893. The van der Waals surface area contributed by atoms with Crippen LogP contribution in [0.5, 0.6) is 0 Å². The number of anilines is 1. The summed E-state index contributed by atoms with van der Waals surface area (Å²) in [7, 11) is 3.67. The first-order valence-corrected chi connectivity index (χ1v) is 15.3. The molecule has 3 aliphatic heterocycles. The summed E-state index contributed by atoms with van der Waals surface area (Å²) in [6.07, 6.45) is 15.0. The Labute approximate surface area is 232 Å². The SMILES string of the molecule is CN(C)C1(C(=O)O)CCN(c2nc3ccccc3n(C3C[C@H]4CC[C@@H](C3)N4C3CCCCCCC3)c2=O)CC1. The largest absolute Gasteiger partial charge is 0.480 e. The predicted octanol–water partition coefficient (Wildman–Crippen LogP) is 4.66. The molecule has 39 heavy (non-hydrogen) atoms. The van der Waals surface area contributed by atoms with E-state index in [1.54, 1.807) is 0 Å². The molecular formula is C31H45N5O3. The van der Waals surface area contributed by atoms with Gasteiger partial charge in [0, 0.05) is 37.3 Å². The maximum atomic E-state index is 14.2. The molecule has 1 N–H and O–H groups in total. The lowest BCUT2D eigenvalue weighted by Crippen LogP contribution is -2.58. The average Bonchev–Trinajstić information content (AvgIpc) is 3.16. The van der Waals surface area contributed by atoms with Gasteiger partial charge >= 0.3 is 5.97 Å². The summed E-state index contributed by atoms with van der Waals surface area (Å²) in [5.74, 6) is -0.302. The van der Waals surface area contributed by atoms with Crippen molar-refractivity contribution in [3.8, 4) is 0 Å². The highest BCUT2D eigenvalue weighted by Gasteiger charge is 2.46. The number of para-hydroxylation sites is 2. The summed E-state index contributed by atoms with van der Waals surface area (Å²) < 4.78 is 2.07. The van der Waals surface area contributed by atoms with Crippen LogP contribution in [-0.4, -0.2) is 81.3 Å². The van der Waals surface area contributed by atoms with Crippen LogP contribution in [0.4, 0.5) is 5.82 Å². The Morgan fingerprint density at radius 3 is 2.13 bits per heavy atom. The Morgan fingerprint density at radius 1 is 0.897 bits per heavy atom. The third-order valence-corrected chi connectivity index (χ3v) is 10.5. The molecule has 4 fully saturated rings. The zero-order valence-corrected chi connectivity index (χ0v) is 23.7. The fourth-order valence-corrected chi connectivity index (χ4v) is 8.38. The number of benzene rings is 1. The Morgan fingerprint density at radius 2 is 1.51 bits per heavy atom. The molecule has 8 nitrogen and oxygen atoms in total. The second-order valence-electron chi connectivity index (χ2n) is 12.8. The number of piperidine rings is 2. The highest BCUT2D eigenvalue weighted by atomic mass is 16.4. The van der Waals surface area contributed by atoms with Gasteiger partial charge in [-0.1, -0.05) is 44.2 Å². The number of hydrogen-bond acceptors (Lipinski definition) is 6. The number of likely N-dealkylation sites (N-methyl/N-ethyl adjacent to an activating group) is 1. The van der Waals surface area contributed by atoms with E-state index in [2.05, 4.69) is 9.47 Å². The minimum Gasteiger partial charge on any atom is -0.480 e. The van der Waals surface area contributed by atoms with Crippen molar-refractivity contribution in [1.29, 1.82) is 0 Å². The zero-order valence-electron chi connectivity index (χ0n) is 23.7. The van der Waals surface area contributed by atoms with E-state index in [1.807, 2.05) is 48.2 Å². The van der Waals surface area contributed by atoms with Gasteiger partial charge in [-0.3, -0.25) is 19.4 Å². The number of fused-ring (bicyclic) bond motifs is 3. The molecular weight excluding hydrogens is 490 g/mol. The van der Waals surface area contributed by atoms with Crippen molar-refractivity contribution < 1.29 is 9.90 Å². The molecule has 2 aromatic rings. The Kier molecular flexibility index (Phi) is 7.44. The van der Waals surface area contributed by atoms with Crippen molar-refractivity contribution in [3.05, 3.63) is 34.6 Å². The minimum absolute atomic E-state index is 0.00909. The quantitative estimate of drug-likeness (QED) is 0.596. The number of carbonyl (C=O) groups is 1. The van der Waals surface area contributed by atoms with E-state index in [4.69, 9.17) is 4.98 Å². The van der Waals surface area contributed by atoms with Crippen molar-refractivity contribution in [1.82, 2.24) is 19.4 Å². The van der Waals surface area contributed by atoms with Crippen LogP contribution in [0.3, 0.4) is 0 Å². The van der Waals surface area contributed by atoms with Gasteiger partial charge in [-0.15, -0.1) is 0 Å². The van der Waals surface area contributed by atoms with Gasteiger partial charge in [0.2, 0.25) is 0 Å². The summed E-state index contributed by atoms with van der Waals surface area (Å²) in [6.45, 7) is 1.02. The molecule has 0 amide bonds. The van der Waals surface area contributed by atoms with Crippen molar-refractivity contribution in [3.63, 3.8) is 0 Å². The topological polar surface area (TPSA) is 81.9 Å². The average molecular weight is 536 g/mol. The highest BCUT2D eigenvalue weighted by molar-refractivity contribution is 5.80. The summed E-state index contributed by atoms with van der Waals surface area (Å²) in [5, 5.41) is 9.98. The Hall–Kier alpha value is -2.45. The second kappa shape index (κ2) is 10.8. The molecule has 0 radical (unpaired) electrons. The highest BCUT2D eigenvalue weighted by Crippen LogP contribution is 2.44. The molecule has 1 aliphatic carbocycles. The fourth-order valence-electron chi connectivity index (χ4n) is 8.38. The smallest absolute Gasteiger partial charge is 0.324 e. The second-order valence-corrected chi connectivity index (χ2v) is 12.8. The van der Waals surface area contributed by atoms with Gasteiger partial charge in [0.25, 0.3) is 5.56 Å². The van der Waals surface area contributed by atoms with Crippen molar-refractivity contribution in [2.75, 3.05) is 32.1 Å². The maximum absolute atomic E-state index is 14.2. The molecule has 1 unspecified atom stereocenters. The first kappa shape index (κ1) is 26.8. The zero-order chi connectivity index (χ0) is 27.1.